The van der Waals surface area contributed by atoms with Crippen LogP contribution in [0.2, 0.25) is 0 Å². The molecule has 1 saturated carbocycles. The van der Waals surface area contributed by atoms with Gasteiger partial charge in [-0.3, -0.25) is 0 Å². The Morgan fingerprint density at radius 3 is 2.19 bits per heavy atom. The minimum atomic E-state index is 0.790. The van der Waals surface area contributed by atoms with Gasteiger partial charge in [-0.25, -0.2) is 0 Å². The van der Waals surface area contributed by atoms with Gasteiger partial charge in [0.15, 0.2) is 0 Å². The first-order valence-electron chi connectivity index (χ1n) is 9.80. The van der Waals surface area contributed by atoms with Crippen LogP contribution in [0.15, 0.2) is 0 Å². The lowest BCUT2D eigenvalue weighted by molar-refractivity contribution is 0.306. The first kappa shape index (κ1) is 17.3. The predicted molar refractivity (Wildman–Crippen MR) is 92.8 cm³/mol. The number of rotatable bonds is 12. The Hall–Kier alpha value is -0.0800. The van der Waals surface area contributed by atoms with Crippen LogP contribution in [0, 0.1) is 5.92 Å². The van der Waals surface area contributed by atoms with E-state index >= 15 is 0 Å². The monoisotopic (exact) mass is 294 g/mol. The smallest absolute Gasteiger partial charge is 0.00965 e. The highest BCUT2D eigenvalue weighted by Gasteiger charge is 2.34. The molecule has 0 aromatic heterocycles. The zero-order valence-corrected chi connectivity index (χ0v) is 14.6. The van der Waals surface area contributed by atoms with Crippen molar-refractivity contribution in [1.29, 1.82) is 0 Å². The first-order valence-corrected chi connectivity index (χ1v) is 9.80. The molecule has 2 rings (SSSR count). The van der Waals surface area contributed by atoms with Gasteiger partial charge in [-0.1, -0.05) is 52.4 Å². The summed E-state index contributed by atoms with van der Waals surface area (Å²) in [7, 11) is 0. The minimum Gasteiger partial charge on any atom is -0.314 e. The number of likely N-dealkylation sites (tertiary alicyclic amines) is 1. The summed E-state index contributed by atoms with van der Waals surface area (Å²) < 4.78 is 0. The highest BCUT2D eigenvalue weighted by Crippen LogP contribution is 2.31. The summed E-state index contributed by atoms with van der Waals surface area (Å²) in [5, 5.41) is 3.93. The first-order chi connectivity index (χ1) is 10.3. The lowest BCUT2D eigenvalue weighted by Gasteiger charge is -2.21. The molecule has 21 heavy (non-hydrogen) atoms. The van der Waals surface area contributed by atoms with E-state index in [4.69, 9.17) is 0 Å². The van der Waals surface area contributed by atoms with Gasteiger partial charge in [0.1, 0.15) is 0 Å². The molecular weight excluding hydrogens is 256 g/mol. The zero-order chi connectivity index (χ0) is 14.9. The number of unbranched alkanes of at least 4 members (excludes halogenated alkanes) is 4. The maximum absolute atomic E-state index is 3.93. The Kier molecular flexibility index (Phi) is 8.10. The maximum atomic E-state index is 3.93. The van der Waals surface area contributed by atoms with Crippen LogP contribution in [0.1, 0.15) is 84.5 Å². The van der Waals surface area contributed by atoms with E-state index in [9.17, 15) is 0 Å². The normalized spacial score (nSPS) is 23.3. The van der Waals surface area contributed by atoms with Gasteiger partial charge in [-0.15, -0.1) is 0 Å². The average Bonchev–Trinajstić information content (AvgIpc) is 3.24. The van der Waals surface area contributed by atoms with Gasteiger partial charge in [0.2, 0.25) is 0 Å². The van der Waals surface area contributed by atoms with Crippen molar-refractivity contribution >= 4 is 0 Å². The van der Waals surface area contributed by atoms with Crippen LogP contribution in [0.3, 0.4) is 0 Å². The average molecular weight is 295 g/mol. The highest BCUT2D eigenvalue weighted by atomic mass is 15.2. The number of hydrogen-bond acceptors (Lipinski definition) is 2. The number of nitrogens with one attached hydrogen (secondary N) is 1. The fraction of sp³-hybridized carbons (Fsp3) is 1.00. The lowest BCUT2D eigenvalue weighted by Crippen LogP contribution is -2.34. The third-order valence-electron chi connectivity index (χ3n) is 5.39. The minimum absolute atomic E-state index is 0.790. The van der Waals surface area contributed by atoms with E-state index in [-0.39, 0.29) is 0 Å². The molecule has 1 unspecified atom stereocenters. The summed E-state index contributed by atoms with van der Waals surface area (Å²) in [5.41, 5.74) is 0. The maximum Gasteiger partial charge on any atom is 0.00965 e. The second kappa shape index (κ2) is 9.84. The van der Waals surface area contributed by atoms with Gasteiger partial charge >= 0.3 is 0 Å². The molecule has 124 valence electrons. The van der Waals surface area contributed by atoms with Gasteiger partial charge in [-0.2, -0.15) is 0 Å². The van der Waals surface area contributed by atoms with Crippen LogP contribution in [0.5, 0.6) is 0 Å². The molecule has 0 spiro atoms. The van der Waals surface area contributed by atoms with Crippen LogP contribution in [0.25, 0.3) is 0 Å². The van der Waals surface area contributed by atoms with Gasteiger partial charge < -0.3 is 10.2 Å². The quantitative estimate of drug-likeness (QED) is 0.530. The van der Waals surface area contributed by atoms with Gasteiger partial charge in [-0.05, 0) is 51.1 Å². The SMILES string of the molecule is CCCCCC(CCCCC)NCC1CCN(C2CC2)C1. The van der Waals surface area contributed by atoms with E-state index in [1.165, 1.54) is 90.3 Å². The molecule has 1 N–H and O–H groups in total. The Labute approximate surface area is 133 Å². The summed E-state index contributed by atoms with van der Waals surface area (Å²) in [6, 6.07) is 1.76. The van der Waals surface area contributed by atoms with Crippen molar-refractivity contribution in [1.82, 2.24) is 10.2 Å². The molecule has 0 amide bonds. The summed E-state index contributed by atoms with van der Waals surface area (Å²) in [5.74, 6) is 0.922. The fourth-order valence-corrected chi connectivity index (χ4v) is 3.76. The third kappa shape index (κ3) is 6.69. The van der Waals surface area contributed by atoms with Crippen molar-refractivity contribution in [3.05, 3.63) is 0 Å². The Morgan fingerprint density at radius 1 is 0.952 bits per heavy atom. The third-order valence-corrected chi connectivity index (χ3v) is 5.39. The van der Waals surface area contributed by atoms with E-state index in [0.29, 0.717) is 0 Å². The molecule has 1 aliphatic carbocycles. The van der Waals surface area contributed by atoms with Crippen LogP contribution in [-0.2, 0) is 0 Å². The second-order valence-electron chi connectivity index (χ2n) is 7.48. The molecule has 1 saturated heterocycles. The molecular formula is C19H38N2. The summed E-state index contributed by atoms with van der Waals surface area (Å²) >= 11 is 0. The Morgan fingerprint density at radius 2 is 1.62 bits per heavy atom. The molecule has 1 heterocycles. The summed E-state index contributed by atoms with van der Waals surface area (Å²) in [6.45, 7) is 8.63. The molecule has 2 nitrogen and oxygen atoms in total. The molecule has 2 aliphatic rings. The number of nitrogens with zero attached hydrogens (tertiary/aromatic N) is 1. The molecule has 0 radical (unpaired) electrons. The molecule has 1 aliphatic heterocycles. The van der Waals surface area contributed by atoms with E-state index in [1.54, 1.807) is 0 Å². The second-order valence-corrected chi connectivity index (χ2v) is 7.48. The molecule has 0 aromatic carbocycles. The molecule has 0 aromatic rings. The standard InChI is InChI=1S/C19H38N2/c1-3-5-7-9-18(10-8-6-4-2)20-15-17-13-14-21(16-17)19-11-12-19/h17-20H,3-16H2,1-2H3. The van der Waals surface area contributed by atoms with Crippen LogP contribution < -0.4 is 5.32 Å². The van der Waals surface area contributed by atoms with Gasteiger partial charge in [0, 0.05) is 18.6 Å². The lowest BCUT2D eigenvalue weighted by atomic mass is 10.0. The molecule has 0 bridgehead atoms. The fourth-order valence-electron chi connectivity index (χ4n) is 3.76. The van der Waals surface area contributed by atoms with Crippen molar-refractivity contribution in [3.63, 3.8) is 0 Å². The van der Waals surface area contributed by atoms with Crippen molar-refractivity contribution in [2.75, 3.05) is 19.6 Å². The molecule has 2 heteroatoms. The largest absolute Gasteiger partial charge is 0.314 e. The van der Waals surface area contributed by atoms with E-state index in [2.05, 4.69) is 24.1 Å². The van der Waals surface area contributed by atoms with E-state index < -0.39 is 0 Å². The molecule has 2 fully saturated rings. The van der Waals surface area contributed by atoms with Crippen LogP contribution in [0.4, 0.5) is 0 Å². The van der Waals surface area contributed by atoms with Gasteiger partial charge in [0.25, 0.3) is 0 Å². The Balaban J connectivity index is 1.62. The summed E-state index contributed by atoms with van der Waals surface area (Å²) in [4.78, 5) is 2.75. The summed E-state index contributed by atoms with van der Waals surface area (Å²) in [6.07, 6.45) is 15.5. The zero-order valence-electron chi connectivity index (χ0n) is 14.6. The van der Waals surface area contributed by atoms with Crippen molar-refractivity contribution < 1.29 is 0 Å². The van der Waals surface area contributed by atoms with Crippen molar-refractivity contribution in [2.24, 2.45) is 5.92 Å². The Bertz CT molecular complexity index is 252. The van der Waals surface area contributed by atoms with Crippen LogP contribution >= 0.6 is 0 Å². The van der Waals surface area contributed by atoms with Crippen molar-refractivity contribution in [3.8, 4) is 0 Å². The van der Waals surface area contributed by atoms with Crippen LogP contribution in [-0.4, -0.2) is 36.6 Å². The topological polar surface area (TPSA) is 15.3 Å². The van der Waals surface area contributed by atoms with E-state index in [0.717, 1.165) is 18.0 Å². The predicted octanol–water partition coefficient (Wildman–Crippen LogP) is 4.59. The van der Waals surface area contributed by atoms with Crippen molar-refractivity contribution in [2.45, 2.75) is 96.6 Å². The van der Waals surface area contributed by atoms with E-state index in [1.807, 2.05) is 0 Å². The highest BCUT2D eigenvalue weighted by molar-refractivity contribution is 4.90. The molecule has 1 atom stereocenters. The van der Waals surface area contributed by atoms with Gasteiger partial charge in [0.05, 0.1) is 0 Å². The number of hydrogen-bond donors (Lipinski definition) is 1.